The van der Waals surface area contributed by atoms with E-state index < -0.39 is 0 Å². The number of nitrogens with zero attached hydrogens (tertiary/aromatic N) is 1. The minimum atomic E-state index is 1.22. The third-order valence-corrected chi connectivity index (χ3v) is 4.63. The zero-order valence-electron chi connectivity index (χ0n) is 11.9. The Balaban J connectivity index is 2.56. The first-order valence-electron chi connectivity index (χ1n) is 7.43. The third kappa shape index (κ3) is 4.95. The van der Waals surface area contributed by atoms with Crippen LogP contribution in [0.25, 0.3) is 0 Å². The molecule has 0 aliphatic carbocycles. The number of thioether (sulfide) groups is 1. The molecule has 100 valence electrons. The van der Waals surface area contributed by atoms with Gasteiger partial charge >= 0.3 is 0 Å². The van der Waals surface area contributed by atoms with Crippen LogP contribution in [0.4, 0.5) is 0 Å². The summed E-state index contributed by atoms with van der Waals surface area (Å²) in [7, 11) is 0. The van der Waals surface area contributed by atoms with E-state index in [1.165, 1.54) is 63.8 Å². The van der Waals surface area contributed by atoms with Crippen LogP contribution in [0.2, 0.25) is 0 Å². The topological polar surface area (TPSA) is 3.24 Å². The molecule has 0 fully saturated rings. The van der Waals surface area contributed by atoms with E-state index in [1.807, 2.05) is 0 Å². The van der Waals surface area contributed by atoms with Gasteiger partial charge in [0.25, 0.3) is 0 Å². The van der Waals surface area contributed by atoms with Crippen LogP contribution in [0.3, 0.4) is 0 Å². The van der Waals surface area contributed by atoms with Crippen LogP contribution in [0.5, 0.6) is 0 Å². The summed E-state index contributed by atoms with van der Waals surface area (Å²) in [5.74, 6) is 1.22. The summed E-state index contributed by atoms with van der Waals surface area (Å²) in [4.78, 5) is 4.35. The smallest absolute Gasteiger partial charge is 0.0680 e. The van der Waals surface area contributed by atoms with Crippen molar-refractivity contribution in [3.05, 3.63) is 10.6 Å². The Bertz CT molecular complexity index is 235. The van der Waals surface area contributed by atoms with Gasteiger partial charge in [-0.05, 0) is 32.1 Å². The molecule has 0 radical (unpaired) electrons. The van der Waals surface area contributed by atoms with E-state index in [2.05, 4.69) is 37.4 Å². The normalized spacial score (nSPS) is 16.1. The van der Waals surface area contributed by atoms with Crippen LogP contribution in [0.15, 0.2) is 10.6 Å². The number of rotatable bonds is 9. The quantitative estimate of drug-likeness (QED) is 0.544. The second-order valence-electron chi connectivity index (χ2n) is 4.97. The summed E-state index contributed by atoms with van der Waals surface area (Å²) in [6.07, 6.45) is 10.6. The molecule has 0 bridgehead atoms. The fourth-order valence-corrected chi connectivity index (χ4v) is 3.52. The van der Waals surface area contributed by atoms with Gasteiger partial charge in [0.1, 0.15) is 0 Å². The molecular weight excluding hydrogens is 226 g/mol. The summed E-state index contributed by atoms with van der Waals surface area (Å²) >= 11 is 2.10. The standard InChI is InChI=1S/C15H29NS/c1-4-7-10-14-15(11-8-5-2)17-13-16(14)12-9-6-3/h4-13H2,1-3H3. The molecule has 0 saturated heterocycles. The first kappa shape index (κ1) is 14.9. The van der Waals surface area contributed by atoms with Crippen molar-refractivity contribution in [1.82, 2.24) is 4.90 Å². The van der Waals surface area contributed by atoms with E-state index in [9.17, 15) is 0 Å². The molecular formula is C15H29NS. The van der Waals surface area contributed by atoms with Gasteiger partial charge in [-0.3, -0.25) is 0 Å². The first-order chi connectivity index (χ1) is 8.33. The SMILES string of the molecule is CCCCC1=C(CCCC)N(CCCC)CS1. The van der Waals surface area contributed by atoms with Gasteiger partial charge < -0.3 is 4.90 Å². The van der Waals surface area contributed by atoms with E-state index in [4.69, 9.17) is 0 Å². The fourth-order valence-electron chi connectivity index (χ4n) is 2.24. The molecule has 0 N–H and O–H groups in total. The number of hydrogen-bond acceptors (Lipinski definition) is 2. The zero-order chi connectivity index (χ0) is 12.5. The van der Waals surface area contributed by atoms with Crippen molar-refractivity contribution in [2.24, 2.45) is 0 Å². The molecule has 0 aromatic carbocycles. The van der Waals surface area contributed by atoms with Crippen LogP contribution in [0, 0.1) is 0 Å². The molecule has 1 rings (SSSR count). The Morgan fingerprint density at radius 1 is 0.941 bits per heavy atom. The monoisotopic (exact) mass is 255 g/mol. The summed E-state index contributed by atoms with van der Waals surface area (Å²) in [6, 6.07) is 0. The Kier molecular flexibility index (Phi) is 7.83. The van der Waals surface area contributed by atoms with Crippen LogP contribution in [0.1, 0.15) is 72.1 Å². The Labute approximate surface area is 112 Å². The van der Waals surface area contributed by atoms with E-state index >= 15 is 0 Å². The number of hydrogen-bond donors (Lipinski definition) is 0. The van der Waals surface area contributed by atoms with Crippen molar-refractivity contribution in [2.45, 2.75) is 72.1 Å². The van der Waals surface area contributed by atoms with Crippen LogP contribution in [-0.2, 0) is 0 Å². The van der Waals surface area contributed by atoms with Crippen molar-refractivity contribution in [2.75, 3.05) is 12.4 Å². The van der Waals surface area contributed by atoms with Crippen molar-refractivity contribution >= 4 is 11.8 Å². The van der Waals surface area contributed by atoms with Crippen molar-refractivity contribution in [1.29, 1.82) is 0 Å². The summed E-state index contributed by atoms with van der Waals surface area (Å²) in [5, 5.41) is 0. The molecule has 0 spiro atoms. The molecule has 0 saturated carbocycles. The lowest BCUT2D eigenvalue weighted by atomic mass is 10.1. The predicted molar refractivity (Wildman–Crippen MR) is 80.1 cm³/mol. The van der Waals surface area contributed by atoms with Crippen molar-refractivity contribution < 1.29 is 0 Å². The highest BCUT2D eigenvalue weighted by molar-refractivity contribution is 8.03. The Morgan fingerprint density at radius 2 is 1.59 bits per heavy atom. The second-order valence-corrected chi connectivity index (χ2v) is 6.01. The Morgan fingerprint density at radius 3 is 2.24 bits per heavy atom. The van der Waals surface area contributed by atoms with Gasteiger partial charge in [-0.15, -0.1) is 11.8 Å². The summed E-state index contributed by atoms with van der Waals surface area (Å²) < 4.78 is 0. The van der Waals surface area contributed by atoms with Gasteiger partial charge in [0.05, 0.1) is 5.88 Å². The van der Waals surface area contributed by atoms with E-state index in [-0.39, 0.29) is 0 Å². The molecule has 0 amide bonds. The first-order valence-corrected chi connectivity index (χ1v) is 8.41. The molecule has 0 aromatic rings. The Hall–Kier alpha value is -0.110. The van der Waals surface area contributed by atoms with Gasteiger partial charge in [-0.2, -0.15) is 0 Å². The van der Waals surface area contributed by atoms with Gasteiger partial charge in [0, 0.05) is 17.1 Å². The van der Waals surface area contributed by atoms with Crippen LogP contribution >= 0.6 is 11.8 Å². The maximum Gasteiger partial charge on any atom is 0.0680 e. The second kappa shape index (κ2) is 8.91. The maximum absolute atomic E-state index is 2.65. The average molecular weight is 255 g/mol. The molecule has 1 aliphatic heterocycles. The van der Waals surface area contributed by atoms with Crippen LogP contribution < -0.4 is 0 Å². The molecule has 0 aromatic heterocycles. The largest absolute Gasteiger partial charge is 0.365 e. The fraction of sp³-hybridized carbons (Fsp3) is 0.867. The number of allylic oxidation sites excluding steroid dienone is 2. The lowest BCUT2D eigenvalue weighted by Crippen LogP contribution is -2.20. The maximum atomic E-state index is 2.65. The molecule has 1 nitrogen and oxygen atoms in total. The lowest BCUT2D eigenvalue weighted by Gasteiger charge is -2.21. The highest BCUT2D eigenvalue weighted by Gasteiger charge is 2.21. The van der Waals surface area contributed by atoms with Crippen molar-refractivity contribution in [3.63, 3.8) is 0 Å². The minimum Gasteiger partial charge on any atom is -0.365 e. The highest BCUT2D eigenvalue weighted by atomic mass is 32.2. The van der Waals surface area contributed by atoms with Gasteiger partial charge in [0.2, 0.25) is 0 Å². The van der Waals surface area contributed by atoms with E-state index in [0.717, 1.165) is 0 Å². The molecule has 17 heavy (non-hydrogen) atoms. The van der Waals surface area contributed by atoms with E-state index in [1.54, 1.807) is 10.6 Å². The predicted octanol–water partition coefficient (Wildman–Crippen LogP) is 5.38. The summed E-state index contributed by atoms with van der Waals surface area (Å²) in [5.41, 5.74) is 1.69. The molecule has 0 unspecified atom stereocenters. The molecule has 1 aliphatic rings. The van der Waals surface area contributed by atoms with Crippen LogP contribution in [-0.4, -0.2) is 17.3 Å². The average Bonchev–Trinajstić information content (AvgIpc) is 2.73. The van der Waals surface area contributed by atoms with Gasteiger partial charge in [-0.1, -0.05) is 40.0 Å². The zero-order valence-corrected chi connectivity index (χ0v) is 12.7. The lowest BCUT2D eigenvalue weighted by molar-refractivity contribution is 0.379. The molecule has 2 heteroatoms. The molecule has 1 heterocycles. The molecule has 0 atom stereocenters. The van der Waals surface area contributed by atoms with Crippen molar-refractivity contribution in [3.8, 4) is 0 Å². The van der Waals surface area contributed by atoms with Gasteiger partial charge in [-0.25, -0.2) is 0 Å². The van der Waals surface area contributed by atoms with E-state index in [0.29, 0.717) is 0 Å². The number of unbranched alkanes of at least 4 members (excludes halogenated alkanes) is 3. The van der Waals surface area contributed by atoms with Gasteiger partial charge in [0.15, 0.2) is 0 Å². The summed E-state index contributed by atoms with van der Waals surface area (Å²) in [6.45, 7) is 8.15. The third-order valence-electron chi connectivity index (χ3n) is 3.40. The highest BCUT2D eigenvalue weighted by Crippen LogP contribution is 2.37. The minimum absolute atomic E-state index is 1.22.